The molecule has 1 heterocycles. The Morgan fingerprint density at radius 1 is 1.40 bits per heavy atom. The largest absolute Gasteiger partial charge is 0.462 e. The van der Waals surface area contributed by atoms with Crippen molar-refractivity contribution in [2.24, 2.45) is 0 Å². The number of rotatable bonds is 2. The standard InChI is InChI=1S/C11H11NO2.ClH/c1-2-14-11(13)9-3-4-10-8(7-9)5-6-12-10;/h3-7,12H,2H2,1H3;1H. The van der Waals surface area contributed by atoms with Gasteiger partial charge in [-0.1, -0.05) is 0 Å². The maximum Gasteiger partial charge on any atom is 0.338 e. The Balaban J connectivity index is 0.00000112. The molecule has 3 nitrogen and oxygen atoms in total. The van der Waals surface area contributed by atoms with Crippen LogP contribution in [-0.4, -0.2) is 17.6 Å². The van der Waals surface area contributed by atoms with E-state index in [1.165, 1.54) is 0 Å². The van der Waals surface area contributed by atoms with Crippen LogP contribution in [0.5, 0.6) is 0 Å². The highest BCUT2D eigenvalue weighted by Gasteiger charge is 2.06. The molecule has 0 spiro atoms. The van der Waals surface area contributed by atoms with Crippen molar-refractivity contribution in [3.05, 3.63) is 36.0 Å². The fourth-order valence-electron chi connectivity index (χ4n) is 1.39. The van der Waals surface area contributed by atoms with E-state index in [-0.39, 0.29) is 18.4 Å². The average molecular weight is 226 g/mol. The molecule has 1 aromatic heterocycles. The average Bonchev–Trinajstić information content (AvgIpc) is 2.64. The molecule has 0 fully saturated rings. The minimum atomic E-state index is -0.268. The number of carbonyl (C=O) groups is 1. The Labute approximate surface area is 93.8 Å². The molecule has 1 N–H and O–H groups in total. The summed E-state index contributed by atoms with van der Waals surface area (Å²) in [6.45, 7) is 2.21. The van der Waals surface area contributed by atoms with Crippen molar-refractivity contribution in [1.29, 1.82) is 0 Å². The quantitative estimate of drug-likeness (QED) is 0.799. The molecule has 2 aromatic rings. The molecular weight excluding hydrogens is 214 g/mol. The summed E-state index contributed by atoms with van der Waals surface area (Å²) in [4.78, 5) is 14.4. The number of carbonyl (C=O) groups excluding carboxylic acids is 1. The van der Waals surface area contributed by atoms with Crippen LogP contribution in [-0.2, 0) is 4.74 Å². The second-order valence-electron chi connectivity index (χ2n) is 3.00. The summed E-state index contributed by atoms with van der Waals surface area (Å²) in [5.74, 6) is -0.268. The summed E-state index contributed by atoms with van der Waals surface area (Å²) in [6, 6.07) is 7.39. The summed E-state index contributed by atoms with van der Waals surface area (Å²) in [5, 5.41) is 1.02. The molecule has 0 aliphatic carbocycles. The second-order valence-corrected chi connectivity index (χ2v) is 3.00. The highest BCUT2D eigenvalue weighted by atomic mass is 35.5. The zero-order valence-corrected chi connectivity index (χ0v) is 9.14. The number of nitrogens with one attached hydrogen (secondary N) is 1. The Bertz CT molecular complexity index is 464. The van der Waals surface area contributed by atoms with Gasteiger partial charge in [-0.2, -0.15) is 0 Å². The molecule has 0 atom stereocenters. The molecule has 0 radical (unpaired) electrons. The SMILES string of the molecule is CCOC(=O)c1ccc2[nH]ccc2c1.Cl. The zero-order chi connectivity index (χ0) is 9.97. The normalized spacial score (nSPS) is 9.67. The van der Waals surface area contributed by atoms with Crippen LogP contribution in [0.15, 0.2) is 30.5 Å². The van der Waals surface area contributed by atoms with Crippen LogP contribution < -0.4 is 0 Å². The van der Waals surface area contributed by atoms with Gasteiger partial charge in [-0.05, 0) is 31.2 Å². The van der Waals surface area contributed by atoms with Crippen molar-refractivity contribution in [2.45, 2.75) is 6.92 Å². The van der Waals surface area contributed by atoms with E-state index < -0.39 is 0 Å². The molecule has 2 rings (SSSR count). The molecule has 0 aliphatic rings. The minimum absolute atomic E-state index is 0. The Hall–Kier alpha value is -1.48. The fraction of sp³-hybridized carbons (Fsp3) is 0.182. The van der Waals surface area contributed by atoms with E-state index in [0.717, 1.165) is 10.9 Å². The molecular formula is C11H12ClNO2. The lowest BCUT2D eigenvalue weighted by molar-refractivity contribution is 0.0526. The fourth-order valence-corrected chi connectivity index (χ4v) is 1.39. The number of aromatic amines is 1. The van der Waals surface area contributed by atoms with E-state index in [2.05, 4.69) is 4.98 Å². The van der Waals surface area contributed by atoms with Gasteiger partial charge in [-0.15, -0.1) is 12.4 Å². The van der Waals surface area contributed by atoms with Gasteiger partial charge in [-0.3, -0.25) is 0 Å². The molecule has 4 heteroatoms. The van der Waals surface area contributed by atoms with E-state index in [0.29, 0.717) is 12.2 Å². The van der Waals surface area contributed by atoms with E-state index in [1.807, 2.05) is 24.4 Å². The van der Waals surface area contributed by atoms with Crippen molar-refractivity contribution in [2.75, 3.05) is 6.61 Å². The highest BCUT2D eigenvalue weighted by molar-refractivity contribution is 5.94. The third-order valence-electron chi connectivity index (χ3n) is 2.06. The number of benzene rings is 1. The number of fused-ring (bicyclic) bond motifs is 1. The maximum atomic E-state index is 11.4. The summed E-state index contributed by atoms with van der Waals surface area (Å²) in [5.41, 5.74) is 1.62. The van der Waals surface area contributed by atoms with Crippen LogP contribution in [0.2, 0.25) is 0 Å². The molecule has 0 bridgehead atoms. The van der Waals surface area contributed by atoms with Crippen LogP contribution in [0.4, 0.5) is 0 Å². The Kier molecular flexibility index (Phi) is 3.74. The van der Waals surface area contributed by atoms with E-state index >= 15 is 0 Å². The van der Waals surface area contributed by atoms with Gasteiger partial charge in [0.2, 0.25) is 0 Å². The van der Waals surface area contributed by atoms with Crippen molar-refractivity contribution >= 4 is 29.3 Å². The smallest absolute Gasteiger partial charge is 0.338 e. The zero-order valence-electron chi connectivity index (χ0n) is 8.32. The predicted molar refractivity (Wildman–Crippen MR) is 61.5 cm³/mol. The van der Waals surface area contributed by atoms with Crippen LogP contribution >= 0.6 is 12.4 Å². The van der Waals surface area contributed by atoms with Crippen LogP contribution in [0.1, 0.15) is 17.3 Å². The number of hydrogen-bond donors (Lipinski definition) is 1. The first-order valence-electron chi connectivity index (χ1n) is 4.55. The van der Waals surface area contributed by atoms with Crippen molar-refractivity contribution < 1.29 is 9.53 Å². The summed E-state index contributed by atoms with van der Waals surface area (Å²) in [7, 11) is 0. The van der Waals surface area contributed by atoms with Gasteiger partial charge in [0.15, 0.2) is 0 Å². The van der Waals surface area contributed by atoms with Gasteiger partial charge in [-0.25, -0.2) is 4.79 Å². The van der Waals surface area contributed by atoms with Crippen molar-refractivity contribution in [3.63, 3.8) is 0 Å². The topological polar surface area (TPSA) is 42.1 Å². The minimum Gasteiger partial charge on any atom is -0.462 e. The van der Waals surface area contributed by atoms with E-state index in [4.69, 9.17) is 4.74 Å². The first kappa shape index (κ1) is 11.6. The van der Waals surface area contributed by atoms with Gasteiger partial charge in [0.25, 0.3) is 0 Å². The second kappa shape index (κ2) is 4.84. The van der Waals surface area contributed by atoms with Crippen LogP contribution in [0, 0.1) is 0 Å². The van der Waals surface area contributed by atoms with Crippen molar-refractivity contribution in [1.82, 2.24) is 4.98 Å². The van der Waals surface area contributed by atoms with Crippen LogP contribution in [0.25, 0.3) is 10.9 Å². The number of halogens is 1. The first-order valence-corrected chi connectivity index (χ1v) is 4.55. The maximum absolute atomic E-state index is 11.4. The van der Waals surface area contributed by atoms with Crippen LogP contribution in [0.3, 0.4) is 0 Å². The molecule has 0 saturated heterocycles. The Morgan fingerprint density at radius 2 is 2.20 bits per heavy atom. The molecule has 0 unspecified atom stereocenters. The number of esters is 1. The Morgan fingerprint density at radius 3 is 2.93 bits per heavy atom. The molecule has 0 amide bonds. The monoisotopic (exact) mass is 225 g/mol. The number of ether oxygens (including phenoxy) is 1. The van der Waals surface area contributed by atoms with Gasteiger partial charge in [0.1, 0.15) is 0 Å². The van der Waals surface area contributed by atoms with Crippen molar-refractivity contribution in [3.8, 4) is 0 Å². The summed E-state index contributed by atoms with van der Waals surface area (Å²) >= 11 is 0. The third kappa shape index (κ3) is 2.30. The van der Waals surface area contributed by atoms with Gasteiger partial charge < -0.3 is 9.72 Å². The van der Waals surface area contributed by atoms with E-state index in [9.17, 15) is 4.79 Å². The summed E-state index contributed by atoms with van der Waals surface area (Å²) < 4.78 is 4.90. The third-order valence-corrected chi connectivity index (χ3v) is 2.06. The molecule has 1 aromatic carbocycles. The number of aromatic nitrogens is 1. The van der Waals surface area contributed by atoms with Gasteiger partial charge in [0, 0.05) is 17.1 Å². The lowest BCUT2D eigenvalue weighted by Crippen LogP contribution is -2.03. The number of hydrogen-bond acceptors (Lipinski definition) is 2. The highest BCUT2D eigenvalue weighted by Crippen LogP contribution is 2.14. The number of H-pyrrole nitrogens is 1. The first-order chi connectivity index (χ1) is 6.81. The lowest BCUT2D eigenvalue weighted by Gasteiger charge is -2.00. The molecule has 15 heavy (non-hydrogen) atoms. The van der Waals surface area contributed by atoms with Gasteiger partial charge in [0.05, 0.1) is 12.2 Å². The summed E-state index contributed by atoms with van der Waals surface area (Å²) in [6.07, 6.45) is 1.85. The predicted octanol–water partition coefficient (Wildman–Crippen LogP) is 2.77. The molecule has 0 saturated carbocycles. The van der Waals surface area contributed by atoms with E-state index in [1.54, 1.807) is 13.0 Å². The molecule has 80 valence electrons. The molecule has 0 aliphatic heterocycles. The lowest BCUT2D eigenvalue weighted by atomic mass is 10.1. The van der Waals surface area contributed by atoms with Gasteiger partial charge >= 0.3 is 5.97 Å².